The maximum atomic E-state index is 6.27. The van der Waals surface area contributed by atoms with Crippen molar-refractivity contribution in [2.45, 2.75) is 44.9 Å². The average molecular weight is 341 g/mol. The van der Waals surface area contributed by atoms with E-state index in [1.807, 2.05) is 6.07 Å². The standard InChI is InChI=1S/C16H25BrN2O/c1-3-20-13-8-10-19(11-9-13)16(12(2)18)14-6-4-5-7-15(14)17/h4-7,12-13,16H,3,8-11,18H2,1-2H3. The predicted octanol–water partition coefficient (Wildman–Crippen LogP) is 3.34. The lowest BCUT2D eigenvalue weighted by Crippen LogP contribution is -2.45. The lowest BCUT2D eigenvalue weighted by atomic mass is 9.96. The first-order valence-corrected chi connectivity index (χ1v) is 8.28. The Balaban J connectivity index is 2.09. The fraction of sp³-hybridized carbons (Fsp3) is 0.625. The monoisotopic (exact) mass is 340 g/mol. The lowest BCUT2D eigenvalue weighted by molar-refractivity contribution is 0.00110. The quantitative estimate of drug-likeness (QED) is 0.893. The van der Waals surface area contributed by atoms with E-state index >= 15 is 0 Å². The second-order valence-corrected chi connectivity index (χ2v) is 6.37. The molecular weight excluding hydrogens is 316 g/mol. The van der Waals surface area contributed by atoms with Gasteiger partial charge in [0.15, 0.2) is 0 Å². The number of piperidine rings is 1. The Hall–Kier alpha value is -0.420. The maximum absolute atomic E-state index is 6.27. The maximum Gasteiger partial charge on any atom is 0.0599 e. The summed E-state index contributed by atoms with van der Waals surface area (Å²) in [5.41, 5.74) is 7.56. The van der Waals surface area contributed by atoms with Crippen LogP contribution in [0.3, 0.4) is 0 Å². The zero-order chi connectivity index (χ0) is 14.5. The van der Waals surface area contributed by atoms with Crippen LogP contribution in [0.15, 0.2) is 28.7 Å². The molecule has 2 rings (SSSR count). The summed E-state index contributed by atoms with van der Waals surface area (Å²) in [5.74, 6) is 0. The Morgan fingerprint density at radius 3 is 2.55 bits per heavy atom. The zero-order valence-electron chi connectivity index (χ0n) is 12.4. The zero-order valence-corrected chi connectivity index (χ0v) is 14.0. The number of hydrogen-bond donors (Lipinski definition) is 1. The number of nitrogens with zero attached hydrogens (tertiary/aromatic N) is 1. The fourth-order valence-corrected chi connectivity index (χ4v) is 3.60. The van der Waals surface area contributed by atoms with Crippen LogP contribution >= 0.6 is 15.9 Å². The molecule has 0 aliphatic carbocycles. The largest absolute Gasteiger partial charge is 0.378 e. The molecule has 2 atom stereocenters. The molecule has 0 saturated carbocycles. The van der Waals surface area contributed by atoms with Crippen LogP contribution in [-0.4, -0.2) is 36.7 Å². The van der Waals surface area contributed by atoms with Crippen molar-refractivity contribution in [1.82, 2.24) is 4.90 Å². The van der Waals surface area contributed by atoms with Gasteiger partial charge in [0.05, 0.1) is 12.1 Å². The van der Waals surface area contributed by atoms with E-state index in [2.05, 4.69) is 52.9 Å². The van der Waals surface area contributed by atoms with Crippen LogP contribution in [0.2, 0.25) is 0 Å². The first kappa shape index (κ1) is 16.0. The minimum absolute atomic E-state index is 0.109. The Bertz CT molecular complexity index is 417. The van der Waals surface area contributed by atoms with Gasteiger partial charge >= 0.3 is 0 Å². The van der Waals surface area contributed by atoms with Gasteiger partial charge in [0, 0.05) is 30.2 Å². The molecule has 0 aromatic heterocycles. The second-order valence-electron chi connectivity index (χ2n) is 5.52. The van der Waals surface area contributed by atoms with Crippen LogP contribution in [0.1, 0.15) is 38.3 Å². The van der Waals surface area contributed by atoms with Gasteiger partial charge in [-0.3, -0.25) is 4.90 Å². The number of benzene rings is 1. The number of halogens is 1. The van der Waals surface area contributed by atoms with Crippen molar-refractivity contribution in [3.63, 3.8) is 0 Å². The van der Waals surface area contributed by atoms with Crippen molar-refractivity contribution in [1.29, 1.82) is 0 Å². The van der Waals surface area contributed by atoms with Gasteiger partial charge in [-0.25, -0.2) is 0 Å². The van der Waals surface area contributed by atoms with Gasteiger partial charge in [0.2, 0.25) is 0 Å². The molecule has 0 amide bonds. The molecule has 1 aliphatic heterocycles. The molecule has 2 unspecified atom stereocenters. The lowest BCUT2D eigenvalue weighted by Gasteiger charge is -2.39. The normalized spacial score (nSPS) is 20.8. The molecule has 1 fully saturated rings. The van der Waals surface area contributed by atoms with E-state index in [1.54, 1.807) is 0 Å². The van der Waals surface area contributed by atoms with E-state index in [0.29, 0.717) is 6.10 Å². The summed E-state index contributed by atoms with van der Waals surface area (Å²) in [7, 11) is 0. The van der Waals surface area contributed by atoms with E-state index in [0.717, 1.165) is 37.0 Å². The highest BCUT2D eigenvalue weighted by molar-refractivity contribution is 9.10. The predicted molar refractivity (Wildman–Crippen MR) is 86.8 cm³/mol. The topological polar surface area (TPSA) is 38.5 Å². The second kappa shape index (κ2) is 7.55. The SMILES string of the molecule is CCOC1CCN(C(c2ccccc2Br)C(C)N)CC1. The van der Waals surface area contributed by atoms with Gasteiger partial charge in [0.25, 0.3) is 0 Å². The minimum atomic E-state index is 0.109. The van der Waals surface area contributed by atoms with Gasteiger partial charge in [-0.05, 0) is 38.3 Å². The van der Waals surface area contributed by atoms with E-state index in [4.69, 9.17) is 10.5 Å². The molecule has 1 heterocycles. The summed E-state index contributed by atoms with van der Waals surface area (Å²) in [6.07, 6.45) is 2.62. The van der Waals surface area contributed by atoms with Gasteiger partial charge in [0.1, 0.15) is 0 Å². The summed E-state index contributed by atoms with van der Waals surface area (Å²) in [6, 6.07) is 8.78. The van der Waals surface area contributed by atoms with Crippen molar-refractivity contribution in [3.05, 3.63) is 34.3 Å². The third-order valence-electron chi connectivity index (χ3n) is 3.99. The number of ether oxygens (including phenoxy) is 1. The van der Waals surface area contributed by atoms with Crippen molar-refractivity contribution >= 4 is 15.9 Å². The molecular formula is C16H25BrN2O. The minimum Gasteiger partial charge on any atom is -0.378 e. The highest BCUT2D eigenvalue weighted by atomic mass is 79.9. The van der Waals surface area contributed by atoms with Crippen LogP contribution in [-0.2, 0) is 4.74 Å². The molecule has 20 heavy (non-hydrogen) atoms. The van der Waals surface area contributed by atoms with Crippen LogP contribution in [0.5, 0.6) is 0 Å². The summed E-state index contributed by atoms with van der Waals surface area (Å²) < 4.78 is 6.88. The smallest absolute Gasteiger partial charge is 0.0599 e. The Morgan fingerprint density at radius 1 is 1.35 bits per heavy atom. The van der Waals surface area contributed by atoms with Gasteiger partial charge in [-0.2, -0.15) is 0 Å². The van der Waals surface area contributed by atoms with Crippen molar-refractivity contribution in [3.8, 4) is 0 Å². The van der Waals surface area contributed by atoms with Crippen LogP contribution in [0.25, 0.3) is 0 Å². The van der Waals surface area contributed by atoms with E-state index in [1.165, 1.54) is 5.56 Å². The average Bonchev–Trinajstić information content (AvgIpc) is 2.43. The number of nitrogens with two attached hydrogens (primary N) is 1. The Labute approximate surface area is 130 Å². The first-order valence-electron chi connectivity index (χ1n) is 7.49. The fourth-order valence-electron chi connectivity index (χ4n) is 3.08. The van der Waals surface area contributed by atoms with Crippen molar-refractivity contribution in [2.75, 3.05) is 19.7 Å². The highest BCUT2D eigenvalue weighted by Crippen LogP contribution is 2.32. The Kier molecular flexibility index (Phi) is 6.02. The molecule has 1 aromatic carbocycles. The van der Waals surface area contributed by atoms with E-state index < -0.39 is 0 Å². The van der Waals surface area contributed by atoms with Crippen molar-refractivity contribution in [2.24, 2.45) is 5.73 Å². The van der Waals surface area contributed by atoms with E-state index in [9.17, 15) is 0 Å². The van der Waals surface area contributed by atoms with Crippen LogP contribution in [0, 0.1) is 0 Å². The van der Waals surface area contributed by atoms with Gasteiger partial charge < -0.3 is 10.5 Å². The van der Waals surface area contributed by atoms with Crippen molar-refractivity contribution < 1.29 is 4.74 Å². The first-order chi connectivity index (χ1) is 9.63. The molecule has 3 nitrogen and oxygen atoms in total. The van der Waals surface area contributed by atoms with Gasteiger partial charge in [-0.1, -0.05) is 34.1 Å². The molecule has 0 bridgehead atoms. The summed E-state index contributed by atoms with van der Waals surface area (Å²) >= 11 is 3.66. The molecule has 1 saturated heterocycles. The number of rotatable bonds is 5. The molecule has 0 spiro atoms. The van der Waals surface area contributed by atoms with E-state index in [-0.39, 0.29) is 12.1 Å². The summed E-state index contributed by atoms with van der Waals surface area (Å²) in [6.45, 7) is 7.08. The Morgan fingerprint density at radius 2 is 2.00 bits per heavy atom. The molecule has 1 aliphatic rings. The van der Waals surface area contributed by atoms with Crippen LogP contribution < -0.4 is 5.73 Å². The molecule has 112 valence electrons. The molecule has 1 aromatic rings. The summed E-state index contributed by atoms with van der Waals surface area (Å²) in [4.78, 5) is 2.50. The molecule has 0 radical (unpaired) electrons. The number of hydrogen-bond acceptors (Lipinski definition) is 3. The number of likely N-dealkylation sites (tertiary alicyclic amines) is 1. The third-order valence-corrected chi connectivity index (χ3v) is 4.72. The van der Waals surface area contributed by atoms with Crippen LogP contribution in [0.4, 0.5) is 0 Å². The molecule has 4 heteroatoms. The third kappa shape index (κ3) is 3.82. The molecule has 2 N–H and O–H groups in total. The highest BCUT2D eigenvalue weighted by Gasteiger charge is 2.29. The summed E-state index contributed by atoms with van der Waals surface area (Å²) in [5, 5.41) is 0. The van der Waals surface area contributed by atoms with Gasteiger partial charge in [-0.15, -0.1) is 0 Å².